The monoisotopic (exact) mass is 478 g/mol. The Bertz CT molecular complexity index is 1080. The molecule has 9 heteroatoms. The molecular weight excluding hydrogens is 444 g/mol. The first-order valence-corrected chi connectivity index (χ1v) is 12.0. The van der Waals surface area contributed by atoms with E-state index < -0.39 is 0 Å². The van der Waals surface area contributed by atoms with E-state index in [1.54, 1.807) is 0 Å². The maximum atomic E-state index is 12.5. The van der Waals surface area contributed by atoms with Crippen molar-refractivity contribution in [3.63, 3.8) is 0 Å². The molecule has 0 saturated carbocycles. The predicted molar refractivity (Wildman–Crippen MR) is 134 cm³/mol. The second-order valence-corrected chi connectivity index (χ2v) is 8.83. The number of methoxy groups -OCH3 is 1. The van der Waals surface area contributed by atoms with E-state index in [0.717, 1.165) is 35.1 Å². The number of unbranched alkanes of at least 4 members (excludes halogenated alkanes) is 1. The standard InChI is InChI=1S/C26H34N6O3/c1-5-6-11-23(33)27-26(18(2)3)32(17-24(34)35-4)16-19-12-14-20(15-13-19)21-9-7-8-10-22(21)25-28-30-31-29-25/h7-10,12-15,18,26H,5-6,11,16-17H2,1-4H3,(H,27,33)(H,28,29,30,31)/t26-/m1/s1. The number of rotatable bonds is 12. The van der Waals surface area contributed by atoms with Crippen LogP contribution < -0.4 is 5.32 Å². The van der Waals surface area contributed by atoms with Crippen molar-refractivity contribution < 1.29 is 14.3 Å². The molecule has 1 aromatic heterocycles. The molecular formula is C26H34N6O3. The normalized spacial score (nSPS) is 12.1. The van der Waals surface area contributed by atoms with Gasteiger partial charge in [0.15, 0.2) is 5.82 Å². The highest BCUT2D eigenvalue weighted by Crippen LogP contribution is 2.30. The lowest BCUT2D eigenvalue weighted by atomic mass is 9.98. The third kappa shape index (κ3) is 7.19. The number of aromatic nitrogens is 4. The van der Waals surface area contributed by atoms with E-state index in [1.807, 2.05) is 67.3 Å². The fourth-order valence-corrected chi connectivity index (χ4v) is 3.98. The zero-order chi connectivity index (χ0) is 25.2. The number of benzene rings is 2. The molecule has 1 heterocycles. The van der Waals surface area contributed by atoms with E-state index in [4.69, 9.17) is 4.74 Å². The van der Waals surface area contributed by atoms with Crippen LogP contribution in [0.5, 0.6) is 0 Å². The second kappa shape index (κ2) is 12.8. The van der Waals surface area contributed by atoms with E-state index in [0.29, 0.717) is 18.8 Å². The number of H-pyrrole nitrogens is 1. The molecule has 35 heavy (non-hydrogen) atoms. The number of hydrogen-bond donors (Lipinski definition) is 2. The molecule has 2 aromatic carbocycles. The molecule has 0 bridgehead atoms. The lowest BCUT2D eigenvalue weighted by Gasteiger charge is -2.34. The highest BCUT2D eigenvalue weighted by molar-refractivity contribution is 5.80. The average molecular weight is 479 g/mol. The number of nitrogens with one attached hydrogen (secondary N) is 2. The number of carbonyl (C=O) groups excluding carboxylic acids is 2. The SMILES string of the molecule is CCCCC(=O)N[C@@H](C(C)C)N(CC(=O)OC)Cc1ccc(-c2ccccc2-c2nnn[nH]2)cc1. The third-order valence-corrected chi connectivity index (χ3v) is 5.83. The minimum Gasteiger partial charge on any atom is -0.468 e. The number of esters is 1. The van der Waals surface area contributed by atoms with Crippen LogP contribution in [0.2, 0.25) is 0 Å². The van der Waals surface area contributed by atoms with Gasteiger partial charge in [-0.15, -0.1) is 5.10 Å². The molecule has 0 aliphatic carbocycles. The minimum absolute atomic E-state index is 0.00530. The molecule has 0 aliphatic rings. The molecule has 1 amide bonds. The van der Waals surface area contributed by atoms with Crippen molar-refractivity contribution >= 4 is 11.9 Å². The Hall–Kier alpha value is -3.59. The molecule has 186 valence electrons. The zero-order valence-electron chi connectivity index (χ0n) is 20.8. The lowest BCUT2D eigenvalue weighted by molar-refractivity contribution is -0.144. The van der Waals surface area contributed by atoms with Gasteiger partial charge in [0.05, 0.1) is 19.8 Å². The van der Waals surface area contributed by atoms with E-state index in [2.05, 4.69) is 32.9 Å². The van der Waals surface area contributed by atoms with E-state index >= 15 is 0 Å². The van der Waals surface area contributed by atoms with Crippen molar-refractivity contribution in [3.8, 4) is 22.5 Å². The molecule has 0 spiro atoms. The first kappa shape index (κ1) is 26.0. The smallest absolute Gasteiger partial charge is 0.319 e. The topological polar surface area (TPSA) is 113 Å². The Morgan fingerprint density at radius 3 is 2.40 bits per heavy atom. The summed E-state index contributed by atoms with van der Waals surface area (Å²) < 4.78 is 4.93. The summed E-state index contributed by atoms with van der Waals surface area (Å²) in [5.41, 5.74) is 3.96. The first-order chi connectivity index (χ1) is 16.9. The fourth-order valence-electron chi connectivity index (χ4n) is 3.98. The maximum Gasteiger partial charge on any atom is 0.319 e. The molecule has 0 saturated heterocycles. The van der Waals surface area contributed by atoms with Crippen molar-refractivity contribution in [1.82, 2.24) is 30.8 Å². The Morgan fingerprint density at radius 2 is 1.80 bits per heavy atom. The van der Waals surface area contributed by atoms with Crippen LogP contribution >= 0.6 is 0 Å². The minimum atomic E-state index is -0.343. The molecule has 3 aromatic rings. The van der Waals surface area contributed by atoms with Crippen molar-refractivity contribution in [2.24, 2.45) is 5.92 Å². The number of tetrazole rings is 1. The molecule has 0 radical (unpaired) electrons. The van der Waals surface area contributed by atoms with Gasteiger partial charge in [-0.3, -0.25) is 14.5 Å². The molecule has 2 N–H and O–H groups in total. The van der Waals surface area contributed by atoms with Gasteiger partial charge in [0.25, 0.3) is 0 Å². The summed E-state index contributed by atoms with van der Waals surface area (Å²) in [6.07, 6.45) is 1.97. The summed E-state index contributed by atoms with van der Waals surface area (Å²) in [5, 5.41) is 17.3. The van der Waals surface area contributed by atoms with Gasteiger partial charge in [-0.2, -0.15) is 0 Å². The Morgan fingerprint density at radius 1 is 1.09 bits per heavy atom. The summed E-state index contributed by atoms with van der Waals surface area (Å²) in [6.45, 7) is 6.69. The van der Waals surface area contributed by atoms with Crippen LogP contribution in [-0.4, -0.2) is 57.2 Å². The van der Waals surface area contributed by atoms with Crippen molar-refractivity contribution in [1.29, 1.82) is 0 Å². The third-order valence-electron chi connectivity index (χ3n) is 5.83. The maximum absolute atomic E-state index is 12.5. The zero-order valence-corrected chi connectivity index (χ0v) is 20.8. The van der Waals surface area contributed by atoms with Gasteiger partial charge in [0.1, 0.15) is 0 Å². The highest BCUT2D eigenvalue weighted by atomic mass is 16.5. The van der Waals surface area contributed by atoms with Crippen LogP contribution in [0, 0.1) is 5.92 Å². The Kier molecular flexibility index (Phi) is 9.48. The van der Waals surface area contributed by atoms with Gasteiger partial charge in [0.2, 0.25) is 5.91 Å². The average Bonchev–Trinajstić information content (AvgIpc) is 3.41. The number of aromatic amines is 1. The van der Waals surface area contributed by atoms with Crippen LogP contribution in [0.4, 0.5) is 0 Å². The number of carbonyl (C=O) groups is 2. The summed E-state index contributed by atoms with van der Waals surface area (Å²) in [5.74, 6) is 0.360. The van der Waals surface area contributed by atoms with Crippen LogP contribution in [0.15, 0.2) is 48.5 Å². The van der Waals surface area contributed by atoms with Gasteiger partial charge in [-0.05, 0) is 39.5 Å². The highest BCUT2D eigenvalue weighted by Gasteiger charge is 2.26. The fraction of sp³-hybridized carbons (Fsp3) is 0.423. The van der Waals surface area contributed by atoms with Crippen molar-refractivity contribution in [2.45, 2.75) is 52.7 Å². The largest absolute Gasteiger partial charge is 0.468 e. The second-order valence-electron chi connectivity index (χ2n) is 8.83. The van der Waals surface area contributed by atoms with Crippen LogP contribution in [0.1, 0.15) is 45.6 Å². The molecule has 0 unspecified atom stereocenters. The van der Waals surface area contributed by atoms with Crippen LogP contribution in [0.3, 0.4) is 0 Å². The molecule has 3 rings (SSSR count). The Labute approximate surface area is 206 Å². The summed E-state index contributed by atoms with van der Waals surface area (Å²) in [4.78, 5) is 26.6. The van der Waals surface area contributed by atoms with E-state index in [9.17, 15) is 9.59 Å². The van der Waals surface area contributed by atoms with Gasteiger partial charge in [-0.25, -0.2) is 5.10 Å². The van der Waals surface area contributed by atoms with Gasteiger partial charge < -0.3 is 10.1 Å². The van der Waals surface area contributed by atoms with E-state index in [-0.39, 0.29) is 30.5 Å². The molecule has 9 nitrogen and oxygen atoms in total. The number of nitrogens with zero attached hydrogens (tertiary/aromatic N) is 4. The van der Waals surface area contributed by atoms with Gasteiger partial charge >= 0.3 is 5.97 Å². The lowest BCUT2D eigenvalue weighted by Crippen LogP contribution is -2.52. The summed E-state index contributed by atoms with van der Waals surface area (Å²) in [7, 11) is 1.38. The first-order valence-electron chi connectivity index (χ1n) is 12.0. The number of ether oxygens (including phenoxy) is 1. The summed E-state index contributed by atoms with van der Waals surface area (Å²) >= 11 is 0. The molecule has 1 atom stereocenters. The summed E-state index contributed by atoms with van der Waals surface area (Å²) in [6, 6.07) is 16.1. The Balaban J connectivity index is 1.82. The predicted octanol–water partition coefficient (Wildman–Crippen LogP) is 3.80. The van der Waals surface area contributed by atoms with Crippen molar-refractivity contribution in [2.75, 3.05) is 13.7 Å². The van der Waals surface area contributed by atoms with Gasteiger partial charge in [0, 0.05) is 18.5 Å². The van der Waals surface area contributed by atoms with Crippen molar-refractivity contribution in [3.05, 3.63) is 54.1 Å². The van der Waals surface area contributed by atoms with E-state index in [1.165, 1.54) is 7.11 Å². The quantitative estimate of drug-likeness (QED) is 0.301. The van der Waals surface area contributed by atoms with Crippen LogP contribution in [0.25, 0.3) is 22.5 Å². The molecule has 0 aliphatic heterocycles. The van der Waals surface area contributed by atoms with Crippen LogP contribution in [-0.2, 0) is 20.9 Å². The molecule has 0 fully saturated rings. The number of hydrogen-bond acceptors (Lipinski definition) is 7. The number of amides is 1. The van der Waals surface area contributed by atoms with Gasteiger partial charge in [-0.1, -0.05) is 75.7 Å².